The Morgan fingerprint density at radius 1 is 1.10 bits per heavy atom. The van der Waals surface area contributed by atoms with Crippen LogP contribution >= 0.6 is 0 Å². The van der Waals surface area contributed by atoms with E-state index in [0.717, 1.165) is 22.3 Å². The van der Waals surface area contributed by atoms with Crippen molar-refractivity contribution in [1.82, 2.24) is 9.91 Å². The summed E-state index contributed by atoms with van der Waals surface area (Å²) in [6.45, 7) is 7.01. The second kappa shape index (κ2) is 7.95. The van der Waals surface area contributed by atoms with Gasteiger partial charge in [-0.3, -0.25) is 9.80 Å². The zero-order chi connectivity index (χ0) is 21.4. The number of rotatable bonds is 4. The Labute approximate surface area is 176 Å². The van der Waals surface area contributed by atoms with E-state index in [1.165, 1.54) is 6.21 Å². The third-order valence-corrected chi connectivity index (χ3v) is 5.86. The molecule has 6 nitrogen and oxygen atoms in total. The molecule has 1 fully saturated rings. The first-order chi connectivity index (χ1) is 14.4. The van der Waals surface area contributed by atoms with Crippen molar-refractivity contribution in [2.24, 2.45) is 5.10 Å². The van der Waals surface area contributed by atoms with Crippen molar-refractivity contribution < 1.29 is 15.0 Å². The molecule has 2 aliphatic rings. The van der Waals surface area contributed by atoms with Gasteiger partial charge in [0.05, 0.1) is 12.3 Å². The van der Waals surface area contributed by atoms with Crippen LogP contribution in [0.25, 0.3) is 0 Å². The number of carbonyl (C=O) groups excluding carboxylic acids is 1. The molecule has 0 aliphatic carbocycles. The summed E-state index contributed by atoms with van der Waals surface area (Å²) in [7, 11) is 0. The highest BCUT2D eigenvalue weighted by molar-refractivity contribution is 5.96. The lowest BCUT2D eigenvalue weighted by Crippen LogP contribution is -2.56. The fourth-order valence-corrected chi connectivity index (χ4v) is 4.40. The van der Waals surface area contributed by atoms with Gasteiger partial charge in [0.25, 0.3) is 5.91 Å². The summed E-state index contributed by atoms with van der Waals surface area (Å²) in [6.07, 6.45) is 0.0126. The van der Waals surface area contributed by atoms with Crippen LogP contribution in [0.1, 0.15) is 35.1 Å². The minimum Gasteiger partial charge on any atom is -0.507 e. The van der Waals surface area contributed by atoms with E-state index in [2.05, 4.69) is 55.3 Å². The van der Waals surface area contributed by atoms with E-state index in [9.17, 15) is 15.0 Å². The summed E-state index contributed by atoms with van der Waals surface area (Å²) in [5.74, 6) is -0.734. The molecule has 0 bridgehead atoms. The topological polar surface area (TPSA) is 76.4 Å². The van der Waals surface area contributed by atoms with Crippen molar-refractivity contribution in [3.05, 3.63) is 82.2 Å². The molecule has 1 amide bonds. The Morgan fingerprint density at radius 2 is 1.70 bits per heavy atom. The van der Waals surface area contributed by atoms with E-state index < -0.39 is 6.10 Å². The largest absolute Gasteiger partial charge is 0.507 e. The van der Waals surface area contributed by atoms with Crippen LogP contribution in [0.3, 0.4) is 0 Å². The highest BCUT2D eigenvalue weighted by atomic mass is 16.3. The van der Waals surface area contributed by atoms with Gasteiger partial charge in [-0.25, -0.2) is 0 Å². The number of hydrogen-bond acceptors (Lipinski definition) is 5. The van der Waals surface area contributed by atoms with Crippen LogP contribution in [-0.2, 0) is 4.79 Å². The minimum absolute atomic E-state index is 0.0633. The molecule has 156 valence electrons. The Morgan fingerprint density at radius 3 is 2.23 bits per heavy atom. The smallest absolute Gasteiger partial charge is 0.275 e. The number of likely N-dealkylation sites (N-methyl/N-ethyl adjacent to an activating group) is 1. The lowest BCUT2D eigenvalue weighted by atomic mass is 9.82. The van der Waals surface area contributed by atoms with Crippen molar-refractivity contribution in [2.45, 2.75) is 38.8 Å². The van der Waals surface area contributed by atoms with Gasteiger partial charge in [-0.2, -0.15) is 5.10 Å². The van der Waals surface area contributed by atoms with E-state index in [1.807, 2.05) is 19.1 Å². The first-order valence-corrected chi connectivity index (χ1v) is 10.3. The minimum atomic E-state index is -1.27. The number of aliphatic hydroxyl groups excluding tert-OH is 2. The van der Waals surface area contributed by atoms with Crippen LogP contribution < -0.4 is 0 Å². The molecule has 1 saturated heterocycles. The van der Waals surface area contributed by atoms with Crippen molar-refractivity contribution >= 4 is 12.1 Å². The van der Waals surface area contributed by atoms with Gasteiger partial charge in [-0.05, 0) is 31.9 Å². The lowest BCUT2D eigenvalue weighted by Gasteiger charge is -2.45. The molecule has 2 aliphatic heterocycles. The summed E-state index contributed by atoms with van der Waals surface area (Å²) < 4.78 is 0. The van der Waals surface area contributed by atoms with Crippen molar-refractivity contribution in [2.75, 3.05) is 13.1 Å². The van der Waals surface area contributed by atoms with Gasteiger partial charge in [-0.15, -0.1) is 0 Å². The molecule has 2 aromatic carbocycles. The van der Waals surface area contributed by atoms with Gasteiger partial charge in [0.15, 0.2) is 11.5 Å². The number of carbonyl (C=O) groups is 1. The summed E-state index contributed by atoms with van der Waals surface area (Å²) in [6, 6.07) is 16.5. The van der Waals surface area contributed by atoms with E-state index in [-0.39, 0.29) is 29.3 Å². The Balaban J connectivity index is 1.89. The maximum Gasteiger partial charge on any atom is 0.275 e. The van der Waals surface area contributed by atoms with Gasteiger partial charge < -0.3 is 15.1 Å². The molecule has 2 unspecified atom stereocenters. The molecule has 0 aromatic heterocycles. The van der Waals surface area contributed by atoms with Crippen LogP contribution in [0, 0.1) is 13.8 Å². The predicted octanol–water partition coefficient (Wildman–Crippen LogP) is 3.10. The Hall–Kier alpha value is -3.12. The quantitative estimate of drug-likeness (QED) is 0.820. The highest BCUT2D eigenvalue weighted by Gasteiger charge is 2.44. The van der Waals surface area contributed by atoms with Gasteiger partial charge in [0, 0.05) is 19.0 Å². The molecule has 0 radical (unpaired) electrons. The monoisotopic (exact) mass is 405 g/mol. The van der Waals surface area contributed by atoms with Crippen LogP contribution in [0.4, 0.5) is 0 Å². The van der Waals surface area contributed by atoms with E-state index in [1.54, 1.807) is 9.91 Å². The molecular formula is C24H27N3O3. The molecule has 2 heterocycles. The average Bonchev–Trinajstić information content (AvgIpc) is 2.72. The molecule has 0 saturated carbocycles. The summed E-state index contributed by atoms with van der Waals surface area (Å²) >= 11 is 0. The van der Waals surface area contributed by atoms with Crippen LogP contribution in [0.2, 0.25) is 0 Å². The highest BCUT2D eigenvalue weighted by Crippen LogP contribution is 2.38. The Kier molecular flexibility index (Phi) is 5.35. The number of benzene rings is 2. The number of piperazine rings is 1. The number of aliphatic hydroxyl groups is 2. The molecule has 4 rings (SSSR count). The van der Waals surface area contributed by atoms with Crippen molar-refractivity contribution in [3.63, 3.8) is 0 Å². The average molecular weight is 405 g/mol. The summed E-state index contributed by atoms with van der Waals surface area (Å²) in [4.78, 5) is 14.7. The number of amides is 1. The van der Waals surface area contributed by atoms with Gasteiger partial charge in [0.2, 0.25) is 0 Å². The second-order valence-electron chi connectivity index (χ2n) is 8.00. The van der Waals surface area contributed by atoms with Gasteiger partial charge in [0.1, 0.15) is 6.10 Å². The van der Waals surface area contributed by atoms with Crippen molar-refractivity contribution in [3.8, 4) is 0 Å². The fourth-order valence-electron chi connectivity index (χ4n) is 4.40. The van der Waals surface area contributed by atoms with Gasteiger partial charge >= 0.3 is 0 Å². The molecular weight excluding hydrogens is 378 g/mol. The molecule has 0 spiro atoms. The first kappa shape index (κ1) is 20.2. The molecule has 2 aromatic rings. The Bertz CT molecular complexity index is 984. The number of hydrazone groups is 1. The molecule has 2 atom stereocenters. The normalized spacial score (nSPS) is 21.4. The number of hydrogen-bond donors (Lipinski definition) is 2. The van der Waals surface area contributed by atoms with Crippen molar-refractivity contribution in [1.29, 1.82) is 0 Å². The third-order valence-electron chi connectivity index (χ3n) is 5.86. The number of aryl methyl sites for hydroxylation is 2. The van der Waals surface area contributed by atoms with E-state index in [0.29, 0.717) is 13.1 Å². The van der Waals surface area contributed by atoms with E-state index >= 15 is 0 Å². The fraction of sp³-hybridized carbons (Fsp3) is 0.333. The molecule has 30 heavy (non-hydrogen) atoms. The second-order valence-corrected chi connectivity index (χ2v) is 8.00. The number of nitrogens with zero attached hydrogens (tertiary/aromatic N) is 3. The SMILES string of the molecule is CCN1CC(C(c2cccc(C)c2)c2cccc(C)c2)N2N=CC(O)C(O)=C2C1=O. The standard InChI is InChI=1S/C24H27N3O3/c1-4-26-14-19(27-22(24(26)30)23(29)20(28)13-25-27)21(17-9-5-7-15(2)11-17)18-10-6-8-16(3)12-18/h5-13,19-21,28-29H,4,14H2,1-3H3. The summed E-state index contributed by atoms with van der Waals surface area (Å²) in [5.41, 5.74) is 4.61. The first-order valence-electron chi connectivity index (χ1n) is 10.3. The van der Waals surface area contributed by atoms with Gasteiger partial charge in [-0.1, -0.05) is 59.7 Å². The number of fused-ring (bicyclic) bond motifs is 1. The zero-order valence-electron chi connectivity index (χ0n) is 17.5. The van der Waals surface area contributed by atoms with Crippen LogP contribution in [-0.4, -0.2) is 57.5 Å². The molecule has 6 heteroatoms. The van der Waals surface area contributed by atoms with Crippen LogP contribution in [0.15, 0.2) is 65.1 Å². The third kappa shape index (κ3) is 3.48. The lowest BCUT2D eigenvalue weighted by molar-refractivity contribution is -0.134. The predicted molar refractivity (Wildman–Crippen MR) is 116 cm³/mol. The zero-order valence-corrected chi connectivity index (χ0v) is 17.5. The van der Waals surface area contributed by atoms with Crippen LogP contribution in [0.5, 0.6) is 0 Å². The molecule has 2 N–H and O–H groups in total. The summed E-state index contributed by atoms with van der Waals surface area (Å²) in [5, 5.41) is 26.6. The maximum atomic E-state index is 13.0. The van der Waals surface area contributed by atoms with E-state index in [4.69, 9.17) is 0 Å². The maximum absolute atomic E-state index is 13.0.